The number of rotatable bonds is 4. The molecule has 3 N–H and O–H groups in total. The summed E-state index contributed by atoms with van der Waals surface area (Å²) in [6.45, 7) is 0.440. The van der Waals surface area contributed by atoms with Crippen LogP contribution in [0.1, 0.15) is 11.3 Å². The molecule has 0 amide bonds. The van der Waals surface area contributed by atoms with Gasteiger partial charge in [0.15, 0.2) is 0 Å². The zero-order chi connectivity index (χ0) is 15.1. The fraction of sp³-hybridized carbons (Fsp3) is 0.0714. The van der Waals surface area contributed by atoms with Crippen LogP contribution in [0.2, 0.25) is 10.0 Å². The number of halogens is 2. The molecule has 1 aromatic heterocycles. The van der Waals surface area contributed by atoms with E-state index in [0.29, 0.717) is 22.2 Å². The lowest BCUT2D eigenvalue weighted by Gasteiger charge is -2.06. The second-order valence-corrected chi connectivity index (χ2v) is 4.87. The predicted molar refractivity (Wildman–Crippen MR) is 86.0 cm³/mol. The maximum atomic E-state index is 7.68. The molecule has 2 rings (SSSR count). The Morgan fingerprint density at radius 1 is 1.19 bits per heavy atom. The van der Waals surface area contributed by atoms with Crippen LogP contribution in [0.3, 0.4) is 0 Å². The van der Waals surface area contributed by atoms with Crippen LogP contribution in [0.4, 0.5) is 0 Å². The zero-order valence-electron chi connectivity index (χ0n) is 11.0. The quantitative estimate of drug-likeness (QED) is 0.460. The van der Waals surface area contributed by atoms with Crippen LogP contribution in [0.15, 0.2) is 47.7 Å². The largest absolute Gasteiger partial charge is 0.349 e. The molecular formula is C14H13Cl2N5. The molecule has 0 aliphatic carbocycles. The van der Waals surface area contributed by atoms with Gasteiger partial charge in [0.2, 0.25) is 5.96 Å². The second kappa shape index (κ2) is 7.61. The first-order valence-electron chi connectivity index (χ1n) is 6.12. The summed E-state index contributed by atoms with van der Waals surface area (Å²) in [7, 11) is 0. The average Bonchev–Trinajstić information content (AvgIpc) is 2.49. The van der Waals surface area contributed by atoms with Crippen LogP contribution in [0.25, 0.3) is 0 Å². The molecule has 5 nitrogen and oxygen atoms in total. The van der Waals surface area contributed by atoms with Crippen molar-refractivity contribution in [1.29, 1.82) is 5.41 Å². The smallest absolute Gasteiger partial charge is 0.209 e. The topological polar surface area (TPSA) is 73.2 Å². The molecule has 0 saturated heterocycles. The lowest BCUT2D eigenvalue weighted by Crippen LogP contribution is -2.32. The third-order valence-corrected chi connectivity index (χ3v) is 3.20. The first-order valence-corrected chi connectivity index (χ1v) is 6.88. The van der Waals surface area contributed by atoms with E-state index in [1.807, 2.05) is 18.2 Å². The summed E-state index contributed by atoms with van der Waals surface area (Å²) in [5, 5.41) is 15.5. The Balaban J connectivity index is 1.85. The van der Waals surface area contributed by atoms with Gasteiger partial charge < -0.3 is 5.32 Å². The van der Waals surface area contributed by atoms with E-state index in [-0.39, 0.29) is 5.96 Å². The standard InChI is InChI=1S/C14H13Cl2N5/c15-12-5-3-6-13(16)11(12)9-20-21-14(17)19-8-10-4-1-2-7-18-10/h1-7,9H,8H2,(H3,17,19,21)/b20-9+. The molecule has 0 aliphatic heterocycles. The number of hydrogen-bond donors (Lipinski definition) is 3. The summed E-state index contributed by atoms with van der Waals surface area (Å²) < 4.78 is 0. The second-order valence-electron chi connectivity index (χ2n) is 4.05. The zero-order valence-corrected chi connectivity index (χ0v) is 12.5. The highest BCUT2D eigenvalue weighted by molar-refractivity contribution is 6.38. The Bertz CT molecular complexity index is 623. The number of aromatic nitrogens is 1. The monoisotopic (exact) mass is 321 g/mol. The lowest BCUT2D eigenvalue weighted by atomic mass is 10.2. The molecule has 7 heteroatoms. The molecule has 2 aromatic rings. The van der Waals surface area contributed by atoms with Gasteiger partial charge in [0.25, 0.3) is 0 Å². The van der Waals surface area contributed by atoms with Crippen LogP contribution in [-0.2, 0) is 6.54 Å². The van der Waals surface area contributed by atoms with Crippen LogP contribution in [0, 0.1) is 5.41 Å². The minimum atomic E-state index is 0.0556. The maximum absolute atomic E-state index is 7.68. The van der Waals surface area contributed by atoms with E-state index in [2.05, 4.69) is 20.8 Å². The highest BCUT2D eigenvalue weighted by Crippen LogP contribution is 2.21. The van der Waals surface area contributed by atoms with Crippen LogP contribution < -0.4 is 10.7 Å². The fourth-order valence-electron chi connectivity index (χ4n) is 1.52. The molecule has 0 radical (unpaired) electrons. The molecule has 0 aliphatic rings. The van der Waals surface area contributed by atoms with Gasteiger partial charge >= 0.3 is 0 Å². The van der Waals surface area contributed by atoms with Crippen LogP contribution in [-0.4, -0.2) is 17.2 Å². The predicted octanol–water partition coefficient (Wildman–Crippen LogP) is 3.04. The Labute approximate surface area is 132 Å². The van der Waals surface area contributed by atoms with Gasteiger partial charge in [0.1, 0.15) is 0 Å². The molecule has 0 fully saturated rings. The van der Waals surface area contributed by atoms with Crippen molar-refractivity contribution in [2.24, 2.45) is 5.10 Å². The Morgan fingerprint density at radius 3 is 2.62 bits per heavy atom. The number of nitrogens with zero attached hydrogens (tertiary/aromatic N) is 2. The van der Waals surface area contributed by atoms with E-state index >= 15 is 0 Å². The lowest BCUT2D eigenvalue weighted by molar-refractivity contribution is 0.815. The minimum Gasteiger partial charge on any atom is -0.349 e. The summed E-state index contributed by atoms with van der Waals surface area (Å²) in [5.74, 6) is 0.0556. The third-order valence-electron chi connectivity index (χ3n) is 2.54. The Kier molecular flexibility index (Phi) is 5.54. The van der Waals surface area contributed by atoms with Gasteiger partial charge in [-0.2, -0.15) is 5.10 Å². The van der Waals surface area contributed by atoms with E-state index in [1.54, 1.807) is 24.4 Å². The number of hydrogen-bond acceptors (Lipinski definition) is 3. The highest BCUT2D eigenvalue weighted by Gasteiger charge is 2.02. The van der Waals surface area contributed by atoms with Gasteiger partial charge in [-0.3, -0.25) is 10.4 Å². The molecule has 108 valence electrons. The molecule has 1 aromatic carbocycles. The van der Waals surface area contributed by atoms with Crippen molar-refractivity contribution < 1.29 is 0 Å². The van der Waals surface area contributed by atoms with Crippen LogP contribution >= 0.6 is 23.2 Å². The molecule has 0 spiro atoms. The van der Waals surface area contributed by atoms with E-state index in [4.69, 9.17) is 28.6 Å². The van der Waals surface area contributed by atoms with Gasteiger partial charge in [-0.25, -0.2) is 5.43 Å². The highest BCUT2D eigenvalue weighted by atomic mass is 35.5. The van der Waals surface area contributed by atoms with Gasteiger partial charge in [0, 0.05) is 11.8 Å². The summed E-state index contributed by atoms with van der Waals surface area (Å²) in [5.41, 5.74) is 3.99. The number of nitrogens with one attached hydrogen (secondary N) is 3. The van der Waals surface area contributed by atoms with Crippen molar-refractivity contribution in [2.75, 3.05) is 0 Å². The molecule has 0 saturated carbocycles. The first-order chi connectivity index (χ1) is 10.2. The van der Waals surface area contributed by atoms with E-state index < -0.39 is 0 Å². The summed E-state index contributed by atoms with van der Waals surface area (Å²) in [6.07, 6.45) is 3.17. The first kappa shape index (κ1) is 15.3. The van der Waals surface area contributed by atoms with Gasteiger partial charge in [-0.1, -0.05) is 35.3 Å². The normalized spacial score (nSPS) is 10.6. The Morgan fingerprint density at radius 2 is 1.95 bits per heavy atom. The molecule has 0 atom stereocenters. The van der Waals surface area contributed by atoms with E-state index in [0.717, 1.165) is 5.69 Å². The van der Waals surface area contributed by atoms with Crippen molar-refractivity contribution >= 4 is 35.4 Å². The van der Waals surface area contributed by atoms with Crippen molar-refractivity contribution in [3.63, 3.8) is 0 Å². The fourth-order valence-corrected chi connectivity index (χ4v) is 2.01. The van der Waals surface area contributed by atoms with Gasteiger partial charge in [-0.05, 0) is 24.3 Å². The number of pyridine rings is 1. The van der Waals surface area contributed by atoms with Crippen molar-refractivity contribution in [3.8, 4) is 0 Å². The molecular weight excluding hydrogens is 309 g/mol. The minimum absolute atomic E-state index is 0.0556. The van der Waals surface area contributed by atoms with E-state index in [1.165, 1.54) is 6.21 Å². The number of benzene rings is 1. The summed E-state index contributed by atoms with van der Waals surface area (Å²) in [4.78, 5) is 4.14. The number of hydrazone groups is 1. The van der Waals surface area contributed by atoms with Crippen molar-refractivity contribution in [2.45, 2.75) is 6.54 Å². The number of guanidine groups is 1. The molecule has 0 bridgehead atoms. The van der Waals surface area contributed by atoms with Crippen molar-refractivity contribution in [1.82, 2.24) is 15.7 Å². The van der Waals surface area contributed by atoms with Gasteiger partial charge in [0.05, 0.1) is 28.5 Å². The molecule has 1 heterocycles. The SMILES string of the molecule is N=C(NCc1ccccn1)N/N=C/c1c(Cl)cccc1Cl. The third kappa shape index (κ3) is 4.73. The summed E-state index contributed by atoms with van der Waals surface area (Å²) in [6, 6.07) is 10.8. The van der Waals surface area contributed by atoms with Gasteiger partial charge in [-0.15, -0.1) is 0 Å². The summed E-state index contributed by atoms with van der Waals surface area (Å²) >= 11 is 12.0. The Hall–Kier alpha value is -2.11. The maximum Gasteiger partial charge on any atom is 0.209 e. The average molecular weight is 322 g/mol. The molecule has 21 heavy (non-hydrogen) atoms. The van der Waals surface area contributed by atoms with Crippen molar-refractivity contribution in [3.05, 3.63) is 63.9 Å². The van der Waals surface area contributed by atoms with E-state index in [9.17, 15) is 0 Å². The molecule has 0 unspecified atom stereocenters. The van der Waals surface area contributed by atoms with Crippen LogP contribution in [0.5, 0.6) is 0 Å².